The molecule has 0 aliphatic heterocycles. The zero-order valence-electron chi connectivity index (χ0n) is 16.6. The first-order valence-corrected chi connectivity index (χ1v) is 9.81. The summed E-state index contributed by atoms with van der Waals surface area (Å²) in [6.45, 7) is 11.9. The molecule has 1 aromatic heterocycles. The van der Waals surface area contributed by atoms with E-state index in [1.165, 1.54) is 10.5 Å². The third-order valence-electron chi connectivity index (χ3n) is 4.64. The lowest BCUT2D eigenvalue weighted by atomic mass is 10.2. The highest BCUT2D eigenvalue weighted by Gasteiger charge is 2.21. The van der Waals surface area contributed by atoms with Gasteiger partial charge < -0.3 is 14.2 Å². The molecule has 1 heterocycles. The summed E-state index contributed by atoms with van der Waals surface area (Å²) < 4.78 is 5.93. The van der Waals surface area contributed by atoms with Crippen molar-refractivity contribution in [2.45, 2.75) is 59.7 Å². The lowest BCUT2D eigenvalue weighted by molar-refractivity contribution is -0.949. The summed E-state index contributed by atoms with van der Waals surface area (Å²) in [5.41, 5.74) is 1.32. The largest absolute Gasteiger partial charge is 0.450 e. The van der Waals surface area contributed by atoms with E-state index in [-0.39, 0.29) is 5.91 Å². The Morgan fingerprint density at radius 3 is 2.23 bits per heavy atom. The van der Waals surface area contributed by atoms with Gasteiger partial charge in [0.1, 0.15) is 13.1 Å². The van der Waals surface area contributed by atoms with Crippen molar-refractivity contribution in [3.8, 4) is 0 Å². The number of furan rings is 1. The maximum Gasteiger partial charge on any atom is 0.289 e. The van der Waals surface area contributed by atoms with Gasteiger partial charge in [-0.25, -0.2) is 0 Å². The second kappa shape index (κ2) is 10.2. The van der Waals surface area contributed by atoms with Crippen LogP contribution in [0.4, 0.5) is 0 Å². The Bertz CT molecular complexity index is 658. The van der Waals surface area contributed by atoms with Gasteiger partial charge in [0, 0.05) is 18.7 Å². The number of nitrogens with zero attached hydrogens (tertiary/aromatic N) is 1. The van der Waals surface area contributed by atoms with Crippen molar-refractivity contribution in [2.75, 3.05) is 13.1 Å². The summed E-state index contributed by atoms with van der Waals surface area (Å²) in [4.78, 5) is 16.0. The Hall–Kier alpha value is -2.07. The number of nitrogens with one attached hydrogen (secondary N) is 1. The molecule has 0 radical (unpaired) electrons. The number of carbonyl (C=O) groups excluding carboxylic acids is 1. The number of carbonyl (C=O) groups is 1. The van der Waals surface area contributed by atoms with Crippen molar-refractivity contribution in [2.24, 2.45) is 0 Å². The van der Waals surface area contributed by atoms with Crippen molar-refractivity contribution in [3.05, 3.63) is 59.5 Å². The molecule has 1 unspecified atom stereocenters. The van der Waals surface area contributed by atoms with E-state index in [9.17, 15) is 4.79 Å². The van der Waals surface area contributed by atoms with E-state index in [2.05, 4.69) is 52.0 Å². The van der Waals surface area contributed by atoms with Crippen LogP contribution in [0.5, 0.6) is 0 Å². The minimum Gasteiger partial charge on any atom is -0.450 e. The van der Waals surface area contributed by atoms with Crippen LogP contribution in [0.1, 0.15) is 62.4 Å². The highest BCUT2D eigenvalue weighted by atomic mass is 16.4. The Labute approximate surface area is 157 Å². The second-order valence-electron chi connectivity index (χ2n) is 7.21. The van der Waals surface area contributed by atoms with Gasteiger partial charge in [0.25, 0.3) is 5.91 Å². The molecule has 0 saturated carbocycles. The van der Waals surface area contributed by atoms with Crippen molar-refractivity contribution in [1.29, 1.82) is 0 Å². The van der Waals surface area contributed by atoms with Crippen LogP contribution >= 0.6 is 0 Å². The molecule has 4 nitrogen and oxygen atoms in total. The van der Waals surface area contributed by atoms with E-state index in [1.807, 2.05) is 23.1 Å². The summed E-state index contributed by atoms with van der Waals surface area (Å²) >= 11 is 0. The Kier molecular flexibility index (Phi) is 7.92. The van der Waals surface area contributed by atoms with Gasteiger partial charge in [-0.1, -0.05) is 44.2 Å². The summed E-state index contributed by atoms with van der Waals surface area (Å²) in [7, 11) is 0. The van der Waals surface area contributed by atoms with Gasteiger partial charge in [-0.3, -0.25) is 4.79 Å². The molecule has 1 atom stereocenters. The highest BCUT2D eigenvalue weighted by Crippen LogP contribution is 2.11. The molecule has 1 aromatic carbocycles. The minimum atomic E-state index is 0.00843. The first-order chi connectivity index (χ1) is 12.5. The van der Waals surface area contributed by atoms with Crippen LogP contribution in [0.25, 0.3) is 0 Å². The molecular weight excluding hydrogens is 324 g/mol. The maximum atomic E-state index is 12.7. The van der Waals surface area contributed by atoms with Gasteiger partial charge in [0.05, 0.1) is 6.04 Å². The number of quaternary nitrogens is 1. The molecule has 0 spiro atoms. The predicted molar refractivity (Wildman–Crippen MR) is 105 cm³/mol. The molecule has 0 aliphatic carbocycles. The average Bonchev–Trinajstić information content (AvgIpc) is 3.10. The van der Waals surface area contributed by atoms with Crippen LogP contribution in [-0.4, -0.2) is 29.9 Å². The predicted octanol–water partition coefficient (Wildman–Crippen LogP) is 3.54. The van der Waals surface area contributed by atoms with E-state index in [0.29, 0.717) is 11.8 Å². The van der Waals surface area contributed by atoms with Gasteiger partial charge in [-0.05, 0) is 38.8 Å². The van der Waals surface area contributed by atoms with Gasteiger partial charge >= 0.3 is 0 Å². The van der Waals surface area contributed by atoms with Gasteiger partial charge in [-0.15, -0.1) is 0 Å². The van der Waals surface area contributed by atoms with E-state index < -0.39 is 0 Å². The summed E-state index contributed by atoms with van der Waals surface area (Å²) in [6, 6.07) is 14.8. The molecule has 142 valence electrons. The maximum absolute atomic E-state index is 12.7. The van der Waals surface area contributed by atoms with Gasteiger partial charge in [-0.2, -0.15) is 0 Å². The first-order valence-electron chi connectivity index (χ1n) is 9.81. The van der Waals surface area contributed by atoms with E-state index >= 15 is 0 Å². The third kappa shape index (κ3) is 5.73. The number of benzene rings is 1. The highest BCUT2D eigenvalue weighted by molar-refractivity contribution is 5.91. The van der Waals surface area contributed by atoms with Crippen LogP contribution in [0.15, 0.2) is 46.9 Å². The lowest BCUT2D eigenvalue weighted by Crippen LogP contribution is -3.12. The molecule has 26 heavy (non-hydrogen) atoms. The van der Waals surface area contributed by atoms with Crippen molar-refractivity contribution < 1.29 is 14.1 Å². The number of hydrogen-bond donors (Lipinski definition) is 1. The quantitative estimate of drug-likeness (QED) is 0.706. The van der Waals surface area contributed by atoms with Crippen LogP contribution in [-0.2, 0) is 13.1 Å². The topological polar surface area (TPSA) is 37.9 Å². The number of amides is 1. The van der Waals surface area contributed by atoms with Crippen LogP contribution in [0, 0.1) is 0 Å². The number of hydrogen-bond acceptors (Lipinski definition) is 2. The summed E-state index contributed by atoms with van der Waals surface area (Å²) in [5, 5.41) is 0. The van der Waals surface area contributed by atoms with Crippen molar-refractivity contribution in [3.63, 3.8) is 0 Å². The molecule has 2 aromatic rings. The minimum absolute atomic E-state index is 0.00843. The van der Waals surface area contributed by atoms with E-state index in [0.717, 1.165) is 44.8 Å². The average molecular weight is 358 g/mol. The van der Waals surface area contributed by atoms with Gasteiger partial charge in [0.15, 0.2) is 11.5 Å². The molecule has 1 N–H and O–H groups in total. The van der Waals surface area contributed by atoms with Crippen molar-refractivity contribution in [1.82, 2.24) is 4.90 Å². The fourth-order valence-corrected chi connectivity index (χ4v) is 3.15. The Morgan fingerprint density at radius 2 is 1.65 bits per heavy atom. The summed E-state index contributed by atoms with van der Waals surface area (Å²) in [6.07, 6.45) is 1.92. The molecule has 4 heteroatoms. The van der Waals surface area contributed by atoms with Crippen LogP contribution in [0.3, 0.4) is 0 Å². The lowest BCUT2D eigenvalue weighted by Gasteiger charge is -2.23. The molecule has 1 amide bonds. The summed E-state index contributed by atoms with van der Waals surface area (Å²) in [5.74, 6) is 1.35. The molecule has 2 rings (SSSR count). The Balaban J connectivity index is 2.06. The van der Waals surface area contributed by atoms with E-state index in [1.54, 1.807) is 0 Å². The fourth-order valence-electron chi connectivity index (χ4n) is 3.15. The normalized spacial score (nSPS) is 12.3. The monoisotopic (exact) mass is 357 g/mol. The second-order valence-corrected chi connectivity index (χ2v) is 7.21. The molecule has 0 saturated heterocycles. The SMILES string of the molecule is CCCN(CCC)C(=O)c1ccc(C[NH+](Cc2ccccc2)C(C)C)o1. The Morgan fingerprint density at radius 1 is 1.00 bits per heavy atom. The van der Waals surface area contributed by atoms with Crippen LogP contribution in [0.2, 0.25) is 0 Å². The smallest absolute Gasteiger partial charge is 0.289 e. The van der Waals surface area contributed by atoms with Crippen LogP contribution < -0.4 is 4.90 Å². The van der Waals surface area contributed by atoms with Gasteiger partial charge in [0.2, 0.25) is 0 Å². The molecular formula is C22H33N2O2+. The zero-order chi connectivity index (χ0) is 18.9. The first kappa shape index (κ1) is 20.2. The van der Waals surface area contributed by atoms with Crippen molar-refractivity contribution >= 4 is 5.91 Å². The fraction of sp³-hybridized carbons (Fsp3) is 0.500. The van der Waals surface area contributed by atoms with E-state index in [4.69, 9.17) is 4.42 Å². The number of rotatable bonds is 10. The standard InChI is InChI=1S/C22H32N2O2/c1-5-14-23(15-6-2)22(25)21-13-12-20(26-21)17-24(18(3)4)16-19-10-8-7-9-11-19/h7-13,18H,5-6,14-17H2,1-4H3/p+1. The molecule has 0 aliphatic rings. The third-order valence-corrected chi connectivity index (χ3v) is 4.64. The zero-order valence-corrected chi connectivity index (χ0v) is 16.6. The molecule has 0 bridgehead atoms. The molecule has 0 fully saturated rings.